The normalized spacial score (nSPS) is 18.4. The Morgan fingerprint density at radius 2 is 2.00 bits per heavy atom. The zero-order valence-electron chi connectivity index (χ0n) is 14.1. The third-order valence-electron chi connectivity index (χ3n) is 4.76. The van der Waals surface area contributed by atoms with Crippen LogP contribution in [-0.4, -0.2) is 0 Å². The van der Waals surface area contributed by atoms with E-state index in [4.69, 9.17) is 0 Å². The second-order valence-electron chi connectivity index (χ2n) is 6.17. The second-order valence-corrected chi connectivity index (χ2v) is 7.49. The van der Waals surface area contributed by atoms with E-state index in [0.29, 0.717) is 5.92 Å². The minimum absolute atomic E-state index is 0. The fraction of sp³-hybridized carbons (Fsp3) is 0.333. The van der Waals surface area contributed by atoms with Crippen LogP contribution in [0.5, 0.6) is 0 Å². The predicted octanol–water partition coefficient (Wildman–Crippen LogP) is 0.0725. The van der Waals surface area contributed by atoms with Gasteiger partial charge in [0.05, 0.1) is 0 Å². The Hall–Kier alpha value is -0.357. The first kappa shape index (κ1) is 21.7. The van der Waals surface area contributed by atoms with Gasteiger partial charge < -0.3 is 24.8 Å². The van der Waals surface area contributed by atoms with Crippen LogP contribution in [0.4, 0.5) is 0 Å². The molecule has 24 heavy (non-hydrogen) atoms. The minimum Gasteiger partial charge on any atom is -1.00 e. The van der Waals surface area contributed by atoms with Gasteiger partial charge in [-0.2, -0.15) is 0 Å². The molecule has 2 aliphatic carbocycles. The third kappa shape index (κ3) is 4.06. The van der Waals surface area contributed by atoms with Crippen LogP contribution in [0.1, 0.15) is 56.1 Å². The van der Waals surface area contributed by atoms with E-state index in [9.17, 15) is 0 Å². The number of halogens is 2. The van der Waals surface area contributed by atoms with Crippen LogP contribution < -0.4 is 24.8 Å². The summed E-state index contributed by atoms with van der Waals surface area (Å²) in [6.45, 7) is 6.25. The molecule has 0 fully saturated rings. The summed E-state index contributed by atoms with van der Waals surface area (Å²) in [6.07, 6.45) is 12.8. The molecule has 125 valence electrons. The van der Waals surface area contributed by atoms with E-state index in [2.05, 4.69) is 56.0 Å². The summed E-state index contributed by atoms with van der Waals surface area (Å²) < 4.78 is 1.63. The molecule has 2 aliphatic rings. The molecule has 0 nitrogen and oxygen atoms in total. The molecule has 1 atom stereocenters. The Balaban J connectivity index is 0.00000144. The average Bonchev–Trinajstić information content (AvgIpc) is 3.09. The first-order valence-electron chi connectivity index (χ1n) is 8.32. The van der Waals surface area contributed by atoms with Crippen LogP contribution in [0.25, 0.3) is 5.57 Å². The van der Waals surface area contributed by atoms with Gasteiger partial charge in [-0.25, -0.2) is 0 Å². The summed E-state index contributed by atoms with van der Waals surface area (Å²) >= 11 is 1.56. The predicted molar refractivity (Wildman–Crippen MR) is 91.2 cm³/mol. The maximum atomic E-state index is 3.97. The van der Waals surface area contributed by atoms with Crippen molar-refractivity contribution in [1.29, 1.82) is 0 Å². The molecule has 0 amide bonds. The van der Waals surface area contributed by atoms with Gasteiger partial charge in [-0.1, -0.05) is 0 Å². The second kappa shape index (κ2) is 9.95. The standard InChI is InChI=1S/C21H23.2ClH.Zr/c1-3-5-10-16-11-8-14-18(16)21-15-17(9-4-2)19-12-6-7-13-20(19)21;;;/h4,6-8,11-13,17H,2-3,5,9-10,14H2,1H3;2*1H;/q;;;+2/p-2. The Morgan fingerprint density at radius 3 is 2.71 bits per heavy atom. The van der Waals surface area contributed by atoms with E-state index in [1.54, 1.807) is 44.7 Å². The van der Waals surface area contributed by atoms with Gasteiger partial charge in [-0.3, -0.25) is 0 Å². The van der Waals surface area contributed by atoms with Crippen molar-refractivity contribution >= 4 is 5.57 Å². The molecule has 0 saturated carbocycles. The number of unbranched alkanes of at least 4 members (excludes halogenated alkanes) is 1. The van der Waals surface area contributed by atoms with Gasteiger partial charge in [0.2, 0.25) is 0 Å². The van der Waals surface area contributed by atoms with Gasteiger partial charge in [0.1, 0.15) is 0 Å². The summed E-state index contributed by atoms with van der Waals surface area (Å²) in [4.78, 5) is 0. The van der Waals surface area contributed by atoms with Crippen molar-refractivity contribution in [3.05, 3.63) is 74.6 Å². The van der Waals surface area contributed by atoms with Gasteiger partial charge in [0.25, 0.3) is 0 Å². The first-order valence-corrected chi connectivity index (χ1v) is 9.55. The smallest absolute Gasteiger partial charge is 1.00 e. The molecular formula is C21H23Cl2Zr. The van der Waals surface area contributed by atoms with Gasteiger partial charge in [0.15, 0.2) is 0 Å². The van der Waals surface area contributed by atoms with Crippen molar-refractivity contribution in [3.8, 4) is 0 Å². The third-order valence-corrected chi connectivity index (χ3v) is 6.23. The van der Waals surface area contributed by atoms with Gasteiger partial charge in [-0.05, 0) is 0 Å². The molecule has 0 aliphatic heterocycles. The minimum atomic E-state index is 0. The Labute approximate surface area is 173 Å². The molecule has 0 radical (unpaired) electrons. The zero-order chi connectivity index (χ0) is 15.5. The van der Waals surface area contributed by atoms with Crippen molar-refractivity contribution in [2.75, 3.05) is 0 Å². The topological polar surface area (TPSA) is 0 Å². The quantitative estimate of drug-likeness (QED) is 0.553. The number of hydrogen-bond acceptors (Lipinski definition) is 0. The summed E-state index contributed by atoms with van der Waals surface area (Å²) in [5.41, 5.74) is 7.73. The van der Waals surface area contributed by atoms with Crippen molar-refractivity contribution in [2.45, 2.75) is 44.9 Å². The maximum absolute atomic E-state index is 3.97. The van der Waals surface area contributed by atoms with E-state index in [1.165, 1.54) is 30.4 Å². The van der Waals surface area contributed by atoms with Gasteiger partial charge in [-0.15, -0.1) is 0 Å². The SMILES string of the molecule is C=CCC1[C]([Zr+2])=C(C2=C(CCCC)C=CC2)c2ccccc21.[Cl-].[Cl-]. The molecule has 0 N–H and O–H groups in total. The van der Waals surface area contributed by atoms with E-state index in [0.717, 1.165) is 12.8 Å². The van der Waals surface area contributed by atoms with Crippen LogP contribution in [0.3, 0.4) is 0 Å². The van der Waals surface area contributed by atoms with Gasteiger partial charge >= 0.3 is 150 Å². The Morgan fingerprint density at radius 1 is 1.25 bits per heavy atom. The maximum Gasteiger partial charge on any atom is -1.00 e. The molecule has 1 unspecified atom stereocenters. The average molecular weight is 438 g/mol. The summed E-state index contributed by atoms with van der Waals surface area (Å²) in [5.74, 6) is 0.558. The number of rotatable bonds is 6. The molecule has 1 aromatic rings. The fourth-order valence-electron chi connectivity index (χ4n) is 3.65. The molecular weight excluding hydrogens is 414 g/mol. The van der Waals surface area contributed by atoms with Crippen molar-refractivity contribution < 1.29 is 49.5 Å². The summed E-state index contributed by atoms with van der Waals surface area (Å²) in [5, 5.41) is 0. The van der Waals surface area contributed by atoms with Gasteiger partial charge in [0, 0.05) is 0 Å². The fourth-order valence-corrected chi connectivity index (χ4v) is 5.03. The largest absolute Gasteiger partial charge is 1.00 e. The number of hydrogen-bond donors (Lipinski definition) is 0. The van der Waals surface area contributed by atoms with Crippen LogP contribution >= 0.6 is 0 Å². The molecule has 0 spiro atoms. The van der Waals surface area contributed by atoms with Crippen molar-refractivity contribution in [1.82, 2.24) is 0 Å². The Bertz CT molecular complexity index is 683. The summed E-state index contributed by atoms with van der Waals surface area (Å²) in [7, 11) is 0. The van der Waals surface area contributed by atoms with Crippen LogP contribution in [0.2, 0.25) is 0 Å². The number of allylic oxidation sites excluding steroid dienone is 7. The Kier molecular flexibility index (Phi) is 8.99. The molecule has 3 rings (SSSR count). The van der Waals surface area contributed by atoms with Crippen molar-refractivity contribution in [3.63, 3.8) is 0 Å². The zero-order valence-corrected chi connectivity index (χ0v) is 18.1. The van der Waals surface area contributed by atoms with Crippen LogP contribution in [0.15, 0.2) is 63.5 Å². The molecule has 0 saturated heterocycles. The number of benzene rings is 1. The molecule has 0 bridgehead atoms. The van der Waals surface area contributed by atoms with E-state index >= 15 is 0 Å². The van der Waals surface area contributed by atoms with E-state index in [1.807, 2.05) is 0 Å². The van der Waals surface area contributed by atoms with Crippen LogP contribution in [0, 0.1) is 0 Å². The molecule has 0 heterocycles. The van der Waals surface area contributed by atoms with Crippen LogP contribution in [-0.2, 0) is 24.7 Å². The number of fused-ring (bicyclic) bond motifs is 1. The molecule has 3 heteroatoms. The van der Waals surface area contributed by atoms with E-state index in [-0.39, 0.29) is 24.8 Å². The van der Waals surface area contributed by atoms with E-state index < -0.39 is 0 Å². The first-order chi connectivity index (χ1) is 10.8. The van der Waals surface area contributed by atoms with Crippen molar-refractivity contribution in [2.24, 2.45) is 0 Å². The molecule has 0 aromatic heterocycles. The summed E-state index contributed by atoms with van der Waals surface area (Å²) in [6, 6.07) is 9.00. The molecule has 1 aromatic carbocycles. The monoisotopic (exact) mass is 435 g/mol.